The predicted molar refractivity (Wildman–Crippen MR) is 85.2 cm³/mol. The van der Waals surface area contributed by atoms with E-state index in [1.165, 1.54) is 12.7 Å². The lowest BCUT2D eigenvalue weighted by Gasteiger charge is -2.35. The molecule has 1 fully saturated rings. The molecule has 0 N–H and O–H groups in total. The topological polar surface area (TPSA) is 56.6 Å². The molecule has 23 heavy (non-hydrogen) atoms. The number of hydrogen-bond donors (Lipinski definition) is 0. The van der Waals surface area contributed by atoms with Crippen LogP contribution in [-0.2, 0) is 20.8 Å². The zero-order valence-corrected chi connectivity index (χ0v) is 13.4. The fourth-order valence-corrected chi connectivity index (χ4v) is 2.87. The highest BCUT2D eigenvalue weighted by Crippen LogP contribution is 2.16. The molecule has 0 aliphatic carbocycles. The molecule has 1 aliphatic heterocycles. The van der Waals surface area contributed by atoms with Crippen LogP contribution in [0.15, 0.2) is 43.0 Å². The van der Waals surface area contributed by atoms with Crippen molar-refractivity contribution >= 4 is 5.97 Å². The van der Waals surface area contributed by atoms with E-state index in [9.17, 15) is 4.79 Å². The minimum Gasteiger partial charge on any atom is -0.467 e. The molecule has 2 heterocycles. The van der Waals surface area contributed by atoms with E-state index in [0.717, 1.165) is 18.8 Å². The van der Waals surface area contributed by atoms with Gasteiger partial charge < -0.3 is 14.0 Å². The van der Waals surface area contributed by atoms with Gasteiger partial charge in [0.1, 0.15) is 0 Å². The molecule has 1 saturated heterocycles. The maximum atomic E-state index is 11.7. The molecule has 6 heteroatoms. The number of hydrogen-bond acceptors (Lipinski definition) is 5. The van der Waals surface area contributed by atoms with Gasteiger partial charge in [0, 0.05) is 37.7 Å². The molecule has 122 valence electrons. The van der Waals surface area contributed by atoms with E-state index in [4.69, 9.17) is 9.47 Å². The van der Waals surface area contributed by atoms with Crippen LogP contribution in [0.3, 0.4) is 0 Å². The molecule has 1 aromatic carbocycles. The van der Waals surface area contributed by atoms with Crippen molar-refractivity contribution in [3.8, 4) is 5.69 Å². The summed E-state index contributed by atoms with van der Waals surface area (Å²) in [6.45, 7) is 4.12. The second kappa shape index (κ2) is 6.93. The Balaban J connectivity index is 1.65. The normalized spacial score (nSPS) is 22.0. The van der Waals surface area contributed by atoms with Gasteiger partial charge in [0.25, 0.3) is 0 Å². The van der Waals surface area contributed by atoms with Crippen LogP contribution >= 0.6 is 0 Å². The van der Waals surface area contributed by atoms with Crippen molar-refractivity contribution in [2.24, 2.45) is 0 Å². The average Bonchev–Trinajstić information content (AvgIpc) is 3.08. The summed E-state index contributed by atoms with van der Waals surface area (Å²) in [6, 6.07) is 8.34. The Labute approximate surface area is 135 Å². The fraction of sp³-hybridized carbons (Fsp3) is 0.412. The summed E-state index contributed by atoms with van der Waals surface area (Å²) in [5.74, 6) is -0.308. The third-order valence-corrected chi connectivity index (χ3v) is 3.95. The van der Waals surface area contributed by atoms with Crippen molar-refractivity contribution in [1.82, 2.24) is 14.5 Å². The average molecular weight is 315 g/mol. The third kappa shape index (κ3) is 3.78. The first-order valence-corrected chi connectivity index (χ1v) is 7.68. The van der Waals surface area contributed by atoms with Crippen LogP contribution in [-0.4, -0.2) is 52.8 Å². The number of imidazole rings is 1. The van der Waals surface area contributed by atoms with Gasteiger partial charge in [-0.1, -0.05) is 12.1 Å². The minimum absolute atomic E-state index is 0.0121. The van der Waals surface area contributed by atoms with Gasteiger partial charge in [-0.2, -0.15) is 0 Å². The Morgan fingerprint density at radius 2 is 2.13 bits per heavy atom. The number of methoxy groups -OCH3 is 1. The summed E-state index contributed by atoms with van der Waals surface area (Å²) in [5.41, 5.74) is 2.28. The quantitative estimate of drug-likeness (QED) is 0.803. The number of carbonyl (C=O) groups excluding carboxylic acids is 1. The van der Waals surface area contributed by atoms with Crippen LogP contribution in [0.4, 0.5) is 0 Å². The van der Waals surface area contributed by atoms with Crippen LogP contribution < -0.4 is 0 Å². The predicted octanol–water partition coefficient (Wildman–Crippen LogP) is 1.63. The highest BCUT2D eigenvalue weighted by atomic mass is 16.6. The molecule has 1 aromatic heterocycles. The molecular weight excluding hydrogens is 294 g/mol. The van der Waals surface area contributed by atoms with Gasteiger partial charge in [-0.3, -0.25) is 4.90 Å². The Bertz CT molecular complexity index is 640. The zero-order valence-electron chi connectivity index (χ0n) is 13.4. The second-order valence-corrected chi connectivity index (χ2v) is 5.79. The lowest BCUT2D eigenvalue weighted by molar-refractivity contribution is -0.166. The van der Waals surface area contributed by atoms with E-state index >= 15 is 0 Å². The first-order chi connectivity index (χ1) is 11.2. The van der Waals surface area contributed by atoms with Gasteiger partial charge in [-0.25, -0.2) is 9.78 Å². The Kier molecular flexibility index (Phi) is 4.73. The molecule has 0 saturated carbocycles. The molecule has 0 radical (unpaired) electrons. The van der Waals surface area contributed by atoms with Gasteiger partial charge in [0.05, 0.1) is 19.5 Å². The molecule has 6 nitrogen and oxygen atoms in total. The van der Waals surface area contributed by atoms with Gasteiger partial charge >= 0.3 is 5.97 Å². The highest BCUT2D eigenvalue weighted by Gasteiger charge is 2.30. The number of nitrogens with zero attached hydrogens (tertiary/aromatic N) is 3. The number of esters is 1. The molecule has 0 bridgehead atoms. The summed E-state index contributed by atoms with van der Waals surface area (Å²) in [6.07, 6.45) is 4.96. The van der Waals surface area contributed by atoms with Crippen molar-refractivity contribution in [2.45, 2.75) is 25.7 Å². The lowest BCUT2D eigenvalue weighted by atomic mass is 10.1. The van der Waals surface area contributed by atoms with Gasteiger partial charge in [0.15, 0.2) is 6.10 Å². The highest BCUT2D eigenvalue weighted by molar-refractivity contribution is 5.75. The number of morpholine rings is 1. The number of aromatic nitrogens is 2. The summed E-state index contributed by atoms with van der Waals surface area (Å²) in [4.78, 5) is 18.0. The van der Waals surface area contributed by atoms with Crippen molar-refractivity contribution in [3.63, 3.8) is 0 Å². The molecular formula is C17H21N3O3. The number of rotatable bonds is 4. The van der Waals surface area contributed by atoms with E-state index in [-0.39, 0.29) is 12.1 Å². The van der Waals surface area contributed by atoms with Crippen LogP contribution in [0, 0.1) is 0 Å². The zero-order chi connectivity index (χ0) is 16.2. The molecule has 0 unspecified atom stereocenters. The first kappa shape index (κ1) is 15.7. The molecule has 0 amide bonds. The third-order valence-electron chi connectivity index (χ3n) is 3.95. The first-order valence-electron chi connectivity index (χ1n) is 7.68. The van der Waals surface area contributed by atoms with E-state index in [0.29, 0.717) is 6.54 Å². The molecule has 2 atom stereocenters. The van der Waals surface area contributed by atoms with E-state index in [1.807, 2.05) is 17.7 Å². The maximum absolute atomic E-state index is 11.7. The van der Waals surface area contributed by atoms with E-state index in [2.05, 4.69) is 34.1 Å². The van der Waals surface area contributed by atoms with Crippen LogP contribution in [0.1, 0.15) is 12.5 Å². The Morgan fingerprint density at radius 1 is 1.35 bits per heavy atom. The van der Waals surface area contributed by atoms with Gasteiger partial charge in [0.2, 0.25) is 0 Å². The molecule has 0 spiro atoms. The smallest absolute Gasteiger partial charge is 0.336 e. The fourth-order valence-electron chi connectivity index (χ4n) is 2.87. The Morgan fingerprint density at radius 3 is 2.78 bits per heavy atom. The largest absolute Gasteiger partial charge is 0.467 e. The van der Waals surface area contributed by atoms with Crippen LogP contribution in [0.25, 0.3) is 5.69 Å². The summed E-state index contributed by atoms with van der Waals surface area (Å²) >= 11 is 0. The minimum atomic E-state index is -0.506. The summed E-state index contributed by atoms with van der Waals surface area (Å²) < 4.78 is 12.4. The van der Waals surface area contributed by atoms with Crippen molar-refractivity contribution in [1.29, 1.82) is 0 Å². The number of carbonyl (C=O) groups is 1. The van der Waals surface area contributed by atoms with E-state index < -0.39 is 6.10 Å². The molecule has 2 aromatic rings. The Hall–Kier alpha value is -2.18. The summed E-state index contributed by atoms with van der Waals surface area (Å²) in [5, 5.41) is 0. The van der Waals surface area contributed by atoms with Crippen molar-refractivity contribution in [2.75, 3.05) is 20.2 Å². The number of benzene rings is 1. The van der Waals surface area contributed by atoms with Crippen LogP contribution in [0.5, 0.6) is 0 Å². The molecule has 3 rings (SSSR count). The SMILES string of the molecule is COC(=O)[C@H]1CN(Cc2ccc(-n3ccnc3)cc2)C[C@@H](C)O1. The maximum Gasteiger partial charge on any atom is 0.336 e. The van der Waals surface area contributed by atoms with Crippen LogP contribution in [0.2, 0.25) is 0 Å². The van der Waals surface area contributed by atoms with Gasteiger partial charge in [-0.15, -0.1) is 0 Å². The van der Waals surface area contributed by atoms with Crippen molar-refractivity contribution < 1.29 is 14.3 Å². The van der Waals surface area contributed by atoms with Gasteiger partial charge in [-0.05, 0) is 24.6 Å². The van der Waals surface area contributed by atoms with Crippen molar-refractivity contribution in [3.05, 3.63) is 48.5 Å². The lowest BCUT2D eigenvalue weighted by Crippen LogP contribution is -2.49. The van der Waals surface area contributed by atoms with E-state index in [1.54, 1.807) is 12.5 Å². The number of ether oxygens (including phenoxy) is 2. The monoisotopic (exact) mass is 315 g/mol. The molecule has 1 aliphatic rings. The summed E-state index contributed by atoms with van der Waals surface area (Å²) in [7, 11) is 1.39. The second-order valence-electron chi connectivity index (χ2n) is 5.79. The standard InChI is InChI=1S/C17H21N3O3/c1-13-9-19(11-16(23-13)17(21)22-2)10-14-3-5-15(6-4-14)20-8-7-18-12-20/h3-8,12-13,16H,9-11H2,1-2H3/t13-,16-/m1/s1.